The summed E-state index contributed by atoms with van der Waals surface area (Å²) in [6, 6.07) is 10.7. The zero-order chi connectivity index (χ0) is 14.0. The van der Waals surface area contributed by atoms with Gasteiger partial charge < -0.3 is 10.0 Å². The quantitative estimate of drug-likeness (QED) is 0.908. The van der Waals surface area contributed by atoms with Gasteiger partial charge in [0.15, 0.2) is 0 Å². The van der Waals surface area contributed by atoms with Gasteiger partial charge in [-0.3, -0.25) is 0 Å². The van der Waals surface area contributed by atoms with Crippen LogP contribution in [0.5, 0.6) is 0 Å². The molecule has 0 saturated heterocycles. The van der Waals surface area contributed by atoms with Crippen molar-refractivity contribution in [1.82, 2.24) is 0 Å². The van der Waals surface area contributed by atoms with Gasteiger partial charge in [0.25, 0.3) is 0 Å². The molecule has 0 aromatic heterocycles. The Morgan fingerprint density at radius 2 is 1.74 bits per heavy atom. The zero-order valence-corrected chi connectivity index (χ0v) is 11.4. The summed E-state index contributed by atoms with van der Waals surface area (Å²) in [5.41, 5.74) is 4.80. The molecule has 0 aliphatic heterocycles. The molecular weight excluding hydrogens is 241 g/mol. The highest BCUT2D eigenvalue weighted by Gasteiger charge is 2.11. The fraction of sp³-hybridized carbons (Fsp3) is 0.250. The van der Waals surface area contributed by atoms with E-state index in [0.717, 1.165) is 16.9 Å². The molecule has 0 saturated carbocycles. The van der Waals surface area contributed by atoms with Gasteiger partial charge in [-0.15, -0.1) is 0 Å². The maximum Gasteiger partial charge on any atom is 0.123 e. The first-order chi connectivity index (χ1) is 9.02. The Morgan fingerprint density at radius 1 is 1.05 bits per heavy atom. The number of anilines is 2. The van der Waals surface area contributed by atoms with Crippen molar-refractivity contribution in [2.75, 3.05) is 11.9 Å². The van der Waals surface area contributed by atoms with Crippen LogP contribution in [0.25, 0.3) is 0 Å². The Balaban J connectivity index is 2.46. The number of benzene rings is 2. The molecule has 2 rings (SSSR count). The van der Waals surface area contributed by atoms with Crippen molar-refractivity contribution < 1.29 is 9.50 Å². The fourth-order valence-electron chi connectivity index (χ4n) is 2.32. The summed E-state index contributed by atoms with van der Waals surface area (Å²) in [5.74, 6) is -0.332. The molecular formula is C16H18FNO. The lowest BCUT2D eigenvalue weighted by atomic mass is 10.1. The molecule has 0 atom stereocenters. The Hall–Kier alpha value is -1.87. The maximum absolute atomic E-state index is 13.2. The van der Waals surface area contributed by atoms with Crippen LogP contribution in [0.4, 0.5) is 15.8 Å². The van der Waals surface area contributed by atoms with Crippen LogP contribution in [0.2, 0.25) is 0 Å². The van der Waals surface area contributed by atoms with E-state index in [1.54, 1.807) is 6.07 Å². The highest BCUT2D eigenvalue weighted by molar-refractivity contribution is 5.68. The number of hydrogen-bond acceptors (Lipinski definition) is 2. The molecule has 0 bridgehead atoms. The van der Waals surface area contributed by atoms with Crippen LogP contribution in [0.3, 0.4) is 0 Å². The van der Waals surface area contributed by atoms with Crippen molar-refractivity contribution in [3.8, 4) is 0 Å². The molecule has 3 heteroatoms. The second-order valence-electron chi connectivity index (χ2n) is 4.78. The summed E-state index contributed by atoms with van der Waals surface area (Å²) in [4.78, 5) is 1.97. The van der Waals surface area contributed by atoms with Gasteiger partial charge in [-0.2, -0.15) is 0 Å². The second-order valence-corrected chi connectivity index (χ2v) is 4.78. The van der Waals surface area contributed by atoms with Gasteiger partial charge in [-0.1, -0.05) is 17.7 Å². The van der Waals surface area contributed by atoms with E-state index in [1.807, 2.05) is 37.9 Å². The van der Waals surface area contributed by atoms with Gasteiger partial charge in [0.2, 0.25) is 0 Å². The average molecular weight is 259 g/mol. The standard InChI is InChI=1S/C16H18FNO/c1-11-4-6-15(12(2)8-11)18(3)16-7-5-14(17)9-13(16)10-19/h4-9,19H,10H2,1-3H3. The van der Waals surface area contributed by atoms with Crippen molar-refractivity contribution >= 4 is 11.4 Å². The minimum Gasteiger partial charge on any atom is -0.392 e. The lowest BCUT2D eigenvalue weighted by Gasteiger charge is -2.24. The number of aryl methyl sites for hydroxylation is 2. The SMILES string of the molecule is Cc1ccc(N(C)c2ccc(F)cc2CO)c(C)c1. The van der Waals surface area contributed by atoms with Crippen LogP contribution in [0, 0.1) is 19.7 Å². The molecule has 0 heterocycles. The normalized spacial score (nSPS) is 10.6. The second kappa shape index (κ2) is 5.41. The third kappa shape index (κ3) is 2.76. The molecule has 100 valence electrons. The van der Waals surface area contributed by atoms with E-state index in [1.165, 1.54) is 17.7 Å². The van der Waals surface area contributed by atoms with Crippen LogP contribution in [0.15, 0.2) is 36.4 Å². The summed E-state index contributed by atoms with van der Waals surface area (Å²) < 4.78 is 13.2. The Labute approximate surface area is 113 Å². The first kappa shape index (κ1) is 13.6. The van der Waals surface area contributed by atoms with Gasteiger partial charge in [0.05, 0.1) is 6.61 Å². The molecule has 0 radical (unpaired) electrons. The van der Waals surface area contributed by atoms with E-state index in [2.05, 4.69) is 6.07 Å². The van der Waals surface area contributed by atoms with E-state index in [4.69, 9.17) is 0 Å². The Morgan fingerprint density at radius 3 is 2.37 bits per heavy atom. The summed E-state index contributed by atoms with van der Waals surface area (Å²) in [7, 11) is 1.92. The van der Waals surface area contributed by atoms with Gasteiger partial charge in [0.1, 0.15) is 5.82 Å². The summed E-state index contributed by atoms with van der Waals surface area (Å²) in [6.07, 6.45) is 0. The van der Waals surface area contributed by atoms with Crippen molar-refractivity contribution in [1.29, 1.82) is 0 Å². The minimum absolute atomic E-state index is 0.178. The molecule has 2 aromatic carbocycles. The number of rotatable bonds is 3. The van der Waals surface area contributed by atoms with Crippen LogP contribution >= 0.6 is 0 Å². The third-order valence-corrected chi connectivity index (χ3v) is 3.29. The number of halogens is 1. The van der Waals surface area contributed by atoms with Crippen molar-refractivity contribution in [3.63, 3.8) is 0 Å². The smallest absolute Gasteiger partial charge is 0.123 e. The Bertz CT molecular complexity index is 595. The molecule has 0 spiro atoms. The third-order valence-electron chi connectivity index (χ3n) is 3.29. The minimum atomic E-state index is -0.332. The molecule has 2 nitrogen and oxygen atoms in total. The van der Waals surface area contributed by atoms with Crippen LogP contribution in [0.1, 0.15) is 16.7 Å². The van der Waals surface area contributed by atoms with Gasteiger partial charge in [-0.25, -0.2) is 4.39 Å². The van der Waals surface area contributed by atoms with Crippen LogP contribution < -0.4 is 4.90 Å². The van der Waals surface area contributed by atoms with Crippen LogP contribution in [-0.4, -0.2) is 12.2 Å². The topological polar surface area (TPSA) is 23.5 Å². The molecule has 19 heavy (non-hydrogen) atoms. The highest BCUT2D eigenvalue weighted by atomic mass is 19.1. The first-order valence-electron chi connectivity index (χ1n) is 6.23. The molecule has 0 fully saturated rings. The summed E-state index contributed by atoms with van der Waals surface area (Å²) in [6.45, 7) is 3.91. The lowest BCUT2D eigenvalue weighted by Crippen LogP contribution is -2.13. The monoisotopic (exact) mass is 259 g/mol. The largest absolute Gasteiger partial charge is 0.392 e. The summed E-state index contributed by atoms with van der Waals surface area (Å²) in [5, 5.41) is 9.36. The fourth-order valence-corrected chi connectivity index (χ4v) is 2.32. The molecule has 1 N–H and O–H groups in total. The predicted molar refractivity (Wildman–Crippen MR) is 76.3 cm³/mol. The van der Waals surface area contributed by atoms with Crippen molar-refractivity contribution in [2.45, 2.75) is 20.5 Å². The molecule has 2 aromatic rings. The Kier molecular flexibility index (Phi) is 3.86. The van der Waals surface area contributed by atoms with E-state index in [9.17, 15) is 9.50 Å². The van der Waals surface area contributed by atoms with Gasteiger partial charge in [0, 0.05) is 24.0 Å². The molecule has 0 aliphatic carbocycles. The van der Waals surface area contributed by atoms with E-state index >= 15 is 0 Å². The van der Waals surface area contributed by atoms with E-state index in [0.29, 0.717) is 5.56 Å². The number of nitrogens with zero attached hydrogens (tertiary/aromatic N) is 1. The lowest BCUT2D eigenvalue weighted by molar-refractivity contribution is 0.281. The van der Waals surface area contributed by atoms with Gasteiger partial charge in [-0.05, 0) is 43.7 Å². The average Bonchev–Trinajstić information content (AvgIpc) is 2.37. The first-order valence-corrected chi connectivity index (χ1v) is 6.23. The highest BCUT2D eigenvalue weighted by Crippen LogP contribution is 2.30. The van der Waals surface area contributed by atoms with Gasteiger partial charge >= 0.3 is 0 Å². The van der Waals surface area contributed by atoms with E-state index in [-0.39, 0.29) is 12.4 Å². The summed E-state index contributed by atoms with van der Waals surface area (Å²) >= 11 is 0. The maximum atomic E-state index is 13.2. The van der Waals surface area contributed by atoms with Crippen molar-refractivity contribution in [2.24, 2.45) is 0 Å². The zero-order valence-electron chi connectivity index (χ0n) is 11.4. The molecule has 0 amide bonds. The number of aliphatic hydroxyl groups is 1. The number of hydrogen-bond donors (Lipinski definition) is 1. The van der Waals surface area contributed by atoms with Crippen molar-refractivity contribution in [3.05, 3.63) is 58.9 Å². The predicted octanol–water partition coefficient (Wildman–Crippen LogP) is 3.70. The van der Waals surface area contributed by atoms with Crippen LogP contribution in [-0.2, 0) is 6.61 Å². The number of aliphatic hydroxyl groups excluding tert-OH is 1. The molecule has 0 aliphatic rings. The van der Waals surface area contributed by atoms with E-state index < -0.39 is 0 Å². The molecule has 0 unspecified atom stereocenters.